The smallest absolute Gasteiger partial charge is 0.210 e. The summed E-state index contributed by atoms with van der Waals surface area (Å²) in [7, 11) is 0. The Bertz CT molecular complexity index is 814. The molecule has 0 spiro atoms. The highest BCUT2D eigenvalue weighted by Gasteiger charge is 2.23. The first-order valence-corrected chi connectivity index (χ1v) is 9.07. The Hall–Kier alpha value is -2.33. The van der Waals surface area contributed by atoms with Gasteiger partial charge in [0, 0.05) is 6.61 Å². The molecule has 2 atom stereocenters. The van der Waals surface area contributed by atoms with Crippen LogP contribution in [-0.4, -0.2) is 53.1 Å². The molecule has 2 aromatic heterocycles. The Labute approximate surface area is 148 Å². The van der Waals surface area contributed by atoms with E-state index in [1.165, 1.54) is 11.8 Å². The fourth-order valence-electron chi connectivity index (χ4n) is 2.79. The number of rotatable bonds is 6. The molecule has 1 aromatic carbocycles. The van der Waals surface area contributed by atoms with E-state index in [1.807, 2.05) is 37.3 Å². The topological polar surface area (TPSA) is 96.4 Å². The predicted octanol–water partition coefficient (Wildman–Crippen LogP) is 1.68. The molecule has 25 heavy (non-hydrogen) atoms. The number of hydrogen-bond donors (Lipinski definition) is 0. The van der Waals surface area contributed by atoms with Crippen molar-refractivity contribution in [1.82, 2.24) is 40.4 Å². The number of ether oxygens (including phenoxy) is 1. The number of thioether (sulfide) groups is 1. The highest BCUT2D eigenvalue weighted by molar-refractivity contribution is 7.99. The molecule has 0 aliphatic carbocycles. The van der Waals surface area contributed by atoms with Crippen molar-refractivity contribution in [3.8, 4) is 5.69 Å². The molecule has 0 amide bonds. The second-order valence-corrected chi connectivity index (χ2v) is 7.13. The Kier molecular flexibility index (Phi) is 4.70. The minimum Gasteiger partial charge on any atom is -0.376 e. The zero-order valence-corrected chi connectivity index (χ0v) is 14.6. The van der Waals surface area contributed by atoms with Crippen molar-refractivity contribution < 1.29 is 4.74 Å². The van der Waals surface area contributed by atoms with E-state index >= 15 is 0 Å². The number of aromatic nitrogens is 8. The fourth-order valence-corrected chi connectivity index (χ4v) is 3.67. The molecular weight excluding hydrogens is 340 g/mol. The quantitative estimate of drug-likeness (QED) is 0.614. The molecule has 3 heterocycles. The maximum atomic E-state index is 5.67. The van der Waals surface area contributed by atoms with Crippen LogP contribution in [0.15, 0.2) is 35.5 Å². The van der Waals surface area contributed by atoms with Crippen LogP contribution in [0.25, 0.3) is 5.69 Å². The zero-order chi connectivity index (χ0) is 17.1. The van der Waals surface area contributed by atoms with E-state index in [4.69, 9.17) is 4.74 Å². The van der Waals surface area contributed by atoms with Crippen molar-refractivity contribution in [2.45, 2.75) is 42.8 Å². The van der Waals surface area contributed by atoms with Gasteiger partial charge in [-0.3, -0.25) is 0 Å². The predicted molar refractivity (Wildman–Crippen MR) is 90.2 cm³/mol. The van der Waals surface area contributed by atoms with Crippen molar-refractivity contribution in [1.29, 1.82) is 0 Å². The third-order valence-electron chi connectivity index (χ3n) is 4.04. The van der Waals surface area contributed by atoms with Gasteiger partial charge in [0.15, 0.2) is 5.82 Å². The maximum absolute atomic E-state index is 5.67. The number of benzene rings is 1. The van der Waals surface area contributed by atoms with Gasteiger partial charge in [-0.15, -0.1) is 10.2 Å². The number of nitrogens with zero attached hydrogens (tertiary/aromatic N) is 8. The average Bonchev–Trinajstić information content (AvgIpc) is 3.38. The first-order chi connectivity index (χ1) is 12.3. The summed E-state index contributed by atoms with van der Waals surface area (Å²) in [6, 6.07) is 9.82. The van der Waals surface area contributed by atoms with Crippen LogP contribution >= 0.6 is 11.8 Å². The summed E-state index contributed by atoms with van der Waals surface area (Å²) in [4.78, 5) is 0. The molecule has 0 saturated carbocycles. The molecule has 0 radical (unpaired) electrons. The summed E-state index contributed by atoms with van der Waals surface area (Å²) in [5.74, 6) is 0.753. The molecule has 0 N–H and O–H groups in total. The molecule has 1 aliphatic rings. The van der Waals surface area contributed by atoms with E-state index in [0.717, 1.165) is 36.1 Å². The summed E-state index contributed by atoms with van der Waals surface area (Å²) in [6.45, 7) is 3.53. The van der Waals surface area contributed by atoms with Gasteiger partial charge < -0.3 is 4.74 Å². The number of para-hydroxylation sites is 1. The Morgan fingerprint density at radius 3 is 2.84 bits per heavy atom. The summed E-state index contributed by atoms with van der Waals surface area (Å²) >= 11 is 1.53. The Morgan fingerprint density at radius 2 is 2.04 bits per heavy atom. The lowest BCUT2D eigenvalue weighted by Gasteiger charge is -2.13. The van der Waals surface area contributed by atoms with Gasteiger partial charge in [0.05, 0.1) is 23.6 Å². The minimum atomic E-state index is -0.00977. The Morgan fingerprint density at radius 1 is 1.20 bits per heavy atom. The van der Waals surface area contributed by atoms with Crippen LogP contribution in [0.1, 0.15) is 30.8 Å². The standard InChI is InChI=1S/C15H18N8OS/c1-11(14-16-18-21-23(14)12-6-3-2-4-7-12)25-15-17-19-20-22(15)10-13-8-5-9-24-13/h2-4,6-7,11,13H,5,8-10H2,1H3. The summed E-state index contributed by atoms with van der Waals surface area (Å²) in [5, 5.41) is 24.9. The third-order valence-corrected chi connectivity index (χ3v) is 5.11. The van der Waals surface area contributed by atoms with Crippen LogP contribution in [0.5, 0.6) is 0 Å². The van der Waals surface area contributed by atoms with Crippen LogP contribution in [0.4, 0.5) is 0 Å². The van der Waals surface area contributed by atoms with Gasteiger partial charge in [-0.05, 0) is 52.8 Å². The minimum absolute atomic E-state index is 0.00977. The second kappa shape index (κ2) is 7.28. The van der Waals surface area contributed by atoms with Crippen molar-refractivity contribution >= 4 is 11.8 Å². The number of tetrazole rings is 2. The average molecular weight is 358 g/mol. The van der Waals surface area contributed by atoms with E-state index < -0.39 is 0 Å². The molecule has 9 nitrogen and oxygen atoms in total. The molecule has 0 bridgehead atoms. The summed E-state index contributed by atoms with van der Waals surface area (Å²) < 4.78 is 9.21. The molecule has 3 aromatic rings. The monoisotopic (exact) mass is 358 g/mol. The normalized spacial score (nSPS) is 18.5. The molecule has 1 saturated heterocycles. The van der Waals surface area contributed by atoms with Gasteiger partial charge >= 0.3 is 0 Å². The fraction of sp³-hybridized carbons (Fsp3) is 0.467. The molecular formula is C15H18N8OS. The lowest BCUT2D eigenvalue weighted by molar-refractivity contribution is 0.0911. The molecule has 1 aliphatic heterocycles. The summed E-state index contributed by atoms with van der Waals surface area (Å²) in [6.07, 6.45) is 2.33. The van der Waals surface area contributed by atoms with Crippen LogP contribution in [0.3, 0.4) is 0 Å². The van der Waals surface area contributed by atoms with E-state index in [0.29, 0.717) is 6.54 Å². The molecule has 1 fully saturated rings. The van der Waals surface area contributed by atoms with Crippen LogP contribution < -0.4 is 0 Å². The molecule has 10 heteroatoms. The van der Waals surface area contributed by atoms with E-state index in [9.17, 15) is 0 Å². The highest BCUT2D eigenvalue weighted by Crippen LogP contribution is 2.32. The van der Waals surface area contributed by atoms with Gasteiger partial charge in [0.1, 0.15) is 0 Å². The molecule has 2 unspecified atom stereocenters. The molecule has 4 rings (SSSR count). The van der Waals surface area contributed by atoms with E-state index in [2.05, 4.69) is 31.1 Å². The second-order valence-electron chi connectivity index (χ2n) is 5.82. The van der Waals surface area contributed by atoms with E-state index in [1.54, 1.807) is 9.36 Å². The van der Waals surface area contributed by atoms with Gasteiger partial charge in [-0.25, -0.2) is 4.68 Å². The van der Waals surface area contributed by atoms with Crippen molar-refractivity contribution in [2.24, 2.45) is 0 Å². The SMILES string of the molecule is CC(Sc1nnnn1CC1CCCO1)c1nnnn1-c1ccccc1. The maximum Gasteiger partial charge on any atom is 0.210 e. The van der Waals surface area contributed by atoms with Gasteiger partial charge in [0.2, 0.25) is 5.16 Å². The van der Waals surface area contributed by atoms with Crippen molar-refractivity contribution in [2.75, 3.05) is 6.61 Å². The zero-order valence-electron chi connectivity index (χ0n) is 13.8. The van der Waals surface area contributed by atoms with Gasteiger partial charge in [-0.2, -0.15) is 4.68 Å². The van der Waals surface area contributed by atoms with Crippen molar-refractivity contribution in [3.05, 3.63) is 36.2 Å². The summed E-state index contributed by atoms with van der Waals surface area (Å²) in [5.41, 5.74) is 0.925. The first kappa shape index (κ1) is 16.2. The molecule has 130 valence electrons. The van der Waals surface area contributed by atoms with Gasteiger partial charge in [0.25, 0.3) is 0 Å². The third kappa shape index (κ3) is 3.54. The largest absolute Gasteiger partial charge is 0.376 e. The number of hydrogen-bond acceptors (Lipinski definition) is 8. The van der Waals surface area contributed by atoms with Gasteiger partial charge in [-0.1, -0.05) is 30.0 Å². The van der Waals surface area contributed by atoms with Crippen LogP contribution in [0, 0.1) is 0 Å². The lowest BCUT2D eigenvalue weighted by Crippen LogP contribution is -2.17. The Balaban J connectivity index is 1.51. The lowest BCUT2D eigenvalue weighted by atomic mass is 10.2. The van der Waals surface area contributed by atoms with Crippen molar-refractivity contribution in [3.63, 3.8) is 0 Å². The first-order valence-electron chi connectivity index (χ1n) is 8.19. The highest BCUT2D eigenvalue weighted by atomic mass is 32.2. The van der Waals surface area contributed by atoms with E-state index in [-0.39, 0.29) is 11.4 Å². The van der Waals surface area contributed by atoms with Crippen LogP contribution in [-0.2, 0) is 11.3 Å². The van der Waals surface area contributed by atoms with Crippen LogP contribution in [0.2, 0.25) is 0 Å².